The molecule has 4 nitrogen and oxygen atoms in total. The van der Waals surface area contributed by atoms with E-state index >= 15 is 0 Å². The minimum Gasteiger partial charge on any atom is -0.508 e. The van der Waals surface area contributed by atoms with Crippen LogP contribution in [0.1, 0.15) is 25.8 Å². The zero-order valence-electron chi connectivity index (χ0n) is 11.7. The summed E-state index contributed by atoms with van der Waals surface area (Å²) in [6.45, 7) is 6.96. The van der Waals surface area contributed by atoms with E-state index in [9.17, 15) is 9.90 Å². The van der Waals surface area contributed by atoms with Crippen LogP contribution in [0, 0.1) is 12.8 Å². The first-order valence-electron chi connectivity index (χ1n) is 6.75. The first kappa shape index (κ1) is 13.9. The molecule has 1 aliphatic rings. The van der Waals surface area contributed by atoms with Crippen LogP contribution in [0.3, 0.4) is 0 Å². The number of benzene rings is 1. The monoisotopic (exact) mass is 263 g/mol. The quantitative estimate of drug-likeness (QED) is 0.911. The summed E-state index contributed by atoms with van der Waals surface area (Å²) in [5, 5.41) is 9.61. The molecule has 0 saturated carbocycles. The van der Waals surface area contributed by atoms with Crippen LogP contribution in [0.5, 0.6) is 5.75 Å². The van der Waals surface area contributed by atoms with Gasteiger partial charge in [0.05, 0.1) is 24.3 Å². The Labute approximate surface area is 114 Å². The molecule has 0 radical (unpaired) electrons. The van der Waals surface area contributed by atoms with E-state index in [0.717, 1.165) is 17.7 Å². The maximum absolute atomic E-state index is 12.6. The number of amides is 1. The Kier molecular flexibility index (Phi) is 4.10. The number of anilines is 1. The molecule has 4 heteroatoms. The average Bonchev–Trinajstić information content (AvgIpc) is 2.81. The van der Waals surface area contributed by atoms with Crippen LogP contribution < -0.4 is 4.90 Å². The number of nitrogens with zero attached hydrogens (tertiary/aromatic N) is 1. The number of rotatable bonds is 3. The highest BCUT2D eigenvalue weighted by atomic mass is 16.5. The van der Waals surface area contributed by atoms with Gasteiger partial charge in [-0.15, -0.1) is 0 Å². The van der Waals surface area contributed by atoms with Crippen molar-refractivity contribution in [2.24, 2.45) is 5.92 Å². The maximum atomic E-state index is 12.6. The number of aromatic hydroxyl groups is 1. The van der Waals surface area contributed by atoms with Crippen molar-refractivity contribution in [3.05, 3.63) is 23.8 Å². The first-order chi connectivity index (χ1) is 9.02. The molecule has 1 saturated heterocycles. The van der Waals surface area contributed by atoms with E-state index < -0.39 is 0 Å². The zero-order chi connectivity index (χ0) is 14.0. The van der Waals surface area contributed by atoms with Crippen molar-refractivity contribution in [1.82, 2.24) is 0 Å². The van der Waals surface area contributed by atoms with Gasteiger partial charge in [0.15, 0.2) is 0 Å². The molecule has 2 atom stereocenters. The second kappa shape index (κ2) is 5.61. The van der Waals surface area contributed by atoms with Gasteiger partial charge in [0.1, 0.15) is 5.75 Å². The van der Waals surface area contributed by atoms with Gasteiger partial charge in [0, 0.05) is 12.6 Å². The van der Waals surface area contributed by atoms with E-state index in [1.54, 1.807) is 17.0 Å². The zero-order valence-corrected chi connectivity index (χ0v) is 11.7. The van der Waals surface area contributed by atoms with Crippen LogP contribution in [0.4, 0.5) is 5.69 Å². The smallest absolute Gasteiger partial charge is 0.232 e. The molecule has 2 rings (SSSR count). The van der Waals surface area contributed by atoms with Gasteiger partial charge in [-0.1, -0.05) is 6.07 Å². The normalized spacial score (nSPS) is 22.5. The Morgan fingerprint density at radius 3 is 2.84 bits per heavy atom. The third-order valence-electron chi connectivity index (χ3n) is 3.61. The molecular weight excluding hydrogens is 242 g/mol. The molecule has 1 N–H and O–H groups in total. The molecule has 1 heterocycles. The van der Waals surface area contributed by atoms with Crippen molar-refractivity contribution < 1.29 is 14.6 Å². The molecule has 1 fully saturated rings. The molecule has 1 aliphatic heterocycles. The maximum Gasteiger partial charge on any atom is 0.232 e. The first-order valence-corrected chi connectivity index (χ1v) is 6.75. The average molecular weight is 263 g/mol. The molecule has 104 valence electrons. The highest BCUT2D eigenvalue weighted by Gasteiger charge is 2.32. The molecule has 0 bridgehead atoms. The van der Waals surface area contributed by atoms with E-state index in [1.807, 2.05) is 26.8 Å². The third-order valence-corrected chi connectivity index (χ3v) is 3.61. The Morgan fingerprint density at radius 2 is 2.26 bits per heavy atom. The lowest BCUT2D eigenvalue weighted by Gasteiger charge is -2.25. The number of carbonyl (C=O) groups excluding carboxylic acids is 1. The molecule has 0 spiro atoms. The van der Waals surface area contributed by atoms with Crippen molar-refractivity contribution in [1.29, 1.82) is 0 Å². The second-order valence-electron chi connectivity index (χ2n) is 5.13. The summed E-state index contributed by atoms with van der Waals surface area (Å²) in [6.07, 6.45) is 0.922. The summed E-state index contributed by atoms with van der Waals surface area (Å²) in [7, 11) is 0. The predicted octanol–water partition coefficient (Wildman–Crippen LogP) is 2.48. The van der Waals surface area contributed by atoms with Crippen LogP contribution in [-0.2, 0) is 9.53 Å². The van der Waals surface area contributed by atoms with Gasteiger partial charge in [0.2, 0.25) is 5.91 Å². The molecule has 0 aliphatic carbocycles. The van der Waals surface area contributed by atoms with E-state index in [-0.39, 0.29) is 23.7 Å². The topological polar surface area (TPSA) is 49.8 Å². The van der Waals surface area contributed by atoms with Crippen molar-refractivity contribution in [3.63, 3.8) is 0 Å². The minimum atomic E-state index is -0.0725. The van der Waals surface area contributed by atoms with Crippen molar-refractivity contribution in [3.8, 4) is 5.75 Å². The number of carbonyl (C=O) groups is 1. The highest BCUT2D eigenvalue weighted by Crippen LogP contribution is 2.28. The molecule has 1 aromatic carbocycles. The SMILES string of the molecule is CCN(C(=O)C1COC(C)C1)c1cc(O)ccc1C. The Morgan fingerprint density at radius 1 is 1.53 bits per heavy atom. The lowest BCUT2D eigenvalue weighted by Crippen LogP contribution is -2.36. The fraction of sp³-hybridized carbons (Fsp3) is 0.533. The Hall–Kier alpha value is -1.55. The summed E-state index contributed by atoms with van der Waals surface area (Å²) in [5.74, 6) is 0.195. The number of phenolic OH excluding ortho intramolecular Hbond substituents is 1. The summed E-state index contributed by atoms with van der Waals surface area (Å²) in [5.41, 5.74) is 1.77. The minimum absolute atomic E-state index is 0.0725. The second-order valence-corrected chi connectivity index (χ2v) is 5.13. The molecule has 1 amide bonds. The number of phenols is 1. The van der Waals surface area contributed by atoms with Gasteiger partial charge in [0.25, 0.3) is 0 Å². The molecule has 1 aromatic rings. The van der Waals surface area contributed by atoms with Crippen molar-refractivity contribution >= 4 is 11.6 Å². The van der Waals surface area contributed by atoms with Gasteiger partial charge in [-0.2, -0.15) is 0 Å². The molecule has 2 unspecified atom stereocenters. The van der Waals surface area contributed by atoms with Crippen LogP contribution in [0.15, 0.2) is 18.2 Å². The lowest BCUT2D eigenvalue weighted by atomic mass is 10.0. The summed E-state index contributed by atoms with van der Waals surface area (Å²) in [6, 6.07) is 5.11. The van der Waals surface area contributed by atoms with E-state index in [2.05, 4.69) is 0 Å². The highest BCUT2D eigenvalue weighted by molar-refractivity contribution is 5.96. The summed E-state index contributed by atoms with van der Waals surface area (Å²) >= 11 is 0. The van der Waals surface area contributed by atoms with Gasteiger partial charge >= 0.3 is 0 Å². The molecular formula is C15H21NO3. The van der Waals surface area contributed by atoms with E-state index in [4.69, 9.17) is 4.74 Å². The molecule has 19 heavy (non-hydrogen) atoms. The number of ether oxygens (including phenoxy) is 1. The van der Waals surface area contributed by atoms with Crippen LogP contribution in [0.25, 0.3) is 0 Å². The Bertz CT molecular complexity index is 472. The van der Waals surface area contributed by atoms with Crippen LogP contribution in [0.2, 0.25) is 0 Å². The van der Waals surface area contributed by atoms with Gasteiger partial charge in [-0.25, -0.2) is 0 Å². The predicted molar refractivity (Wildman–Crippen MR) is 74.4 cm³/mol. The fourth-order valence-corrected chi connectivity index (χ4v) is 2.54. The third kappa shape index (κ3) is 2.89. The Balaban J connectivity index is 2.24. The van der Waals surface area contributed by atoms with Gasteiger partial charge in [-0.05, 0) is 38.8 Å². The van der Waals surface area contributed by atoms with Crippen LogP contribution >= 0.6 is 0 Å². The van der Waals surface area contributed by atoms with E-state index in [0.29, 0.717) is 13.2 Å². The standard InChI is InChI=1S/C15H21NO3/c1-4-16(14-8-13(17)6-5-10(14)2)15(18)12-7-11(3)19-9-12/h5-6,8,11-12,17H,4,7,9H2,1-3H3. The molecule has 0 aromatic heterocycles. The summed E-state index contributed by atoms with van der Waals surface area (Å²) < 4.78 is 5.47. The fourth-order valence-electron chi connectivity index (χ4n) is 2.54. The van der Waals surface area contributed by atoms with Crippen molar-refractivity contribution in [2.75, 3.05) is 18.1 Å². The summed E-state index contributed by atoms with van der Waals surface area (Å²) in [4.78, 5) is 14.3. The largest absolute Gasteiger partial charge is 0.508 e. The lowest BCUT2D eigenvalue weighted by molar-refractivity contribution is -0.122. The number of hydrogen-bond donors (Lipinski definition) is 1. The number of hydrogen-bond acceptors (Lipinski definition) is 3. The van der Waals surface area contributed by atoms with Gasteiger partial charge in [-0.3, -0.25) is 4.79 Å². The van der Waals surface area contributed by atoms with E-state index in [1.165, 1.54) is 0 Å². The number of aryl methyl sites for hydroxylation is 1. The van der Waals surface area contributed by atoms with Crippen molar-refractivity contribution in [2.45, 2.75) is 33.3 Å². The van der Waals surface area contributed by atoms with Crippen LogP contribution in [-0.4, -0.2) is 30.3 Å². The van der Waals surface area contributed by atoms with Gasteiger partial charge < -0.3 is 14.7 Å².